The highest BCUT2D eigenvalue weighted by molar-refractivity contribution is 5.96. The van der Waals surface area contributed by atoms with Crippen LogP contribution in [0.3, 0.4) is 0 Å². The number of hydrogen-bond donors (Lipinski definition) is 1. The summed E-state index contributed by atoms with van der Waals surface area (Å²) < 4.78 is 10.8. The topological polar surface area (TPSA) is 107 Å². The molecule has 202 valence electrons. The Morgan fingerprint density at radius 1 is 0.897 bits per heavy atom. The fourth-order valence-electron chi connectivity index (χ4n) is 4.25. The smallest absolute Gasteiger partial charge is 0.305 e. The first-order valence-electron chi connectivity index (χ1n) is 13.5. The number of aromatic nitrogens is 3. The van der Waals surface area contributed by atoms with Gasteiger partial charge in [0.05, 0.1) is 12.6 Å². The van der Waals surface area contributed by atoms with Gasteiger partial charge in [0.15, 0.2) is 5.78 Å². The number of rotatable bonds is 14. The number of ketones is 1. The Balaban J connectivity index is 1.39. The molecule has 4 aromatic rings. The summed E-state index contributed by atoms with van der Waals surface area (Å²) in [6.45, 7) is 4.31. The first-order valence-corrected chi connectivity index (χ1v) is 13.5. The molecule has 1 atom stereocenters. The molecule has 2 aromatic carbocycles. The van der Waals surface area contributed by atoms with E-state index in [0.29, 0.717) is 42.5 Å². The number of Topliss-reactive ketones (excluding diaryl/α,β-unsaturated/α-hetero) is 1. The van der Waals surface area contributed by atoms with Gasteiger partial charge in [-0.3, -0.25) is 14.6 Å². The van der Waals surface area contributed by atoms with Crippen molar-refractivity contribution < 1.29 is 18.7 Å². The number of carbonyl (C=O) groups is 2. The Morgan fingerprint density at radius 2 is 1.67 bits per heavy atom. The molecule has 1 N–H and O–H groups in total. The van der Waals surface area contributed by atoms with Crippen molar-refractivity contribution in [3.05, 3.63) is 84.1 Å². The molecule has 0 aliphatic rings. The zero-order valence-corrected chi connectivity index (χ0v) is 22.4. The highest BCUT2D eigenvalue weighted by atomic mass is 16.5. The quantitative estimate of drug-likeness (QED) is 0.137. The minimum Gasteiger partial charge on any atom is -0.466 e. The summed E-state index contributed by atoms with van der Waals surface area (Å²) >= 11 is 0. The third-order valence-corrected chi connectivity index (χ3v) is 6.35. The molecule has 0 saturated carbocycles. The van der Waals surface area contributed by atoms with Gasteiger partial charge in [-0.1, -0.05) is 38.0 Å². The average molecular weight is 527 g/mol. The molecule has 0 radical (unpaired) electrons. The number of anilines is 1. The van der Waals surface area contributed by atoms with Crippen molar-refractivity contribution in [2.45, 2.75) is 58.4 Å². The van der Waals surface area contributed by atoms with Gasteiger partial charge in [0, 0.05) is 35.9 Å². The van der Waals surface area contributed by atoms with Crippen LogP contribution in [0.2, 0.25) is 0 Å². The van der Waals surface area contributed by atoms with Crippen LogP contribution in [-0.2, 0) is 9.53 Å². The van der Waals surface area contributed by atoms with Gasteiger partial charge in [-0.15, -0.1) is 10.2 Å². The number of nitrogens with one attached hydrogen (secondary N) is 1. The molecule has 1 unspecified atom stereocenters. The van der Waals surface area contributed by atoms with Crippen molar-refractivity contribution in [2.24, 2.45) is 0 Å². The highest BCUT2D eigenvalue weighted by Crippen LogP contribution is 2.28. The predicted molar refractivity (Wildman–Crippen MR) is 150 cm³/mol. The van der Waals surface area contributed by atoms with Crippen LogP contribution in [0.4, 0.5) is 5.69 Å². The van der Waals surface area contributed by atoms with Crippen molar-refractivity contribution in [1.82, 2.24) is 15.2 Å². The lowest BCUT2D eigenvalue weighted by molar-refractivity contribution is -0.143. The maximum absolute atomic E-state index is 12.5. The molecule has 0 amide bonds. The van der Waals surface area contributed by atoms with Gasteiger partial charge in [-0.25, -0.2) is 0 Å². The van der Waals surface area contributed by atoms with Crippen LogP contribution in [0.5, 0.6) is 0 Å². The van der Waals surface area contributed by atoms with E-state index >= 15 is 0 Å². The Kier molecular flexibility index (Phi) is 9.94. The first-order chi connectivity index (χ1) is 19.1. The third kappa shape index (κ3) is 7.83. The van der Waals surface area contributed by atoms with Crippen LogP contribution in [0.25, 0.3) is 23.0 Å². The van der Waals surface area contributed by atoms with E-state index in [0.717, 1.165) is 36.1 Å². The number of ether oxygens (including phenoxy) is 1. The van der Waals surface area contributed by atoms with Crippen LogP contribution in [0.15, 0.2) is 77.3 Å². The van der Waals surface area contributed by atoms with Crippen molar-refractivity contribution in [1.29, 1.82) is 0 Å². The van der Waals surface area contributed by atoms with Gasteiger partial charge in [0.1, 0.15) is 5.69 Å². The van der Waals surface area contributed by atoms with Crippen molar-refractivity contribution >= 4 is 17.4 Å². The fourth-order valence-corrected chi connectivity index (χ4v) is 4.25. The summed E-state index contributed by atoms with van der Waals surface area (Å²) in [7, 11) is 0. The van der Waals surface area contributed by atoms with Crippen molar-refractivity contribution in [3.63, 3.8) is 0 Å². The van der Waals surface area contributed by atoms with Gasteiger partial charge >= 0.3 is 5.97 Å². The fraction of sp³-hybridized carbons (Fsp3) is 0.323. The SMILES string of the molecule is CCCCC(Nc1ccc(C(=O)CCCC(=O)OCC)cc1)c1ccc(-c2nnc(-c3ccccn3)o2)cc1. The van der Waals surface area contributed by atoms with E-state index in [9.17, 15) is 9.59 Å². The maximum atomic E-state index is 12.5. The largest absolute Gasteiger partial charge is 0.466 e. The number of esters is 1. The van der Waals surface area contributed by atoms with Gasteiger partial charge < -0.3 is 14.5 Å². The molecule has 0 aliphatic heterocycles. The summed E-state index contributed by atoms with van der Waals surface area (Å²) in [5.74, 6) is 0.597. The number of hydrogen-bond acceptors (Lipinski definition) is 8. The standard InChI is InChI=1S/C31H34N4O4/c1-3-5-9-26(33-25-19-17-23(18-20-25)28(36)11-8-12-29(37)38-4-2)22-13-15-24(16-14-22)30-34-35-31(39-30)27-10-6-7-21-32-27/h6-7,10,13-21,26,33H,3-5,8-9,11-12H2,1-2H3. The van der Waals surface area contributed by atoms with Gasteiger partial charge in [0.2, 0.25) is 5.89 Å². The molecule has 2 heterocycles. The Morgan fingerprint density at radius 3 is 2.36 bits per heavy atom. The monoisotopic (exact) mass is 526 g/mol. The molecule has 4 rings (SSSR count). The number of carbonyl (C=O) groups excluding carboxylic acids is 2. The number of benzene rings is 2. The average Bonchev–Trinajstić information content (AvgIpc) is 3.47. The maximum Gasteiger partial charge on any atom is 0.305 e. The van der Waals surface area contributed by atoms with E-state index in [4.69, 9.17) is 9.15 Å². The molecular weight excluding hydrogens is 492 g/mol. The Hall–Kier alpha value is -4.33. The second-order valence-electron chi connectivity index (χ2n) is 9.25. The lowest BCUT2D eigenvalue weighted by atomic mass is 9.99. The summed E-state index contributed by atoms with van der Waals surface area (Å²) in [6.07, 6.45) is 5.89. The van der Waals surface area contributed by atoms with Crippen molar-refractivity contribution in [3.8, 4) is 23.0 Å². The zero-order valence-electron chi connectivity index (χ0n) is 22.4. The van der Waals surface area contributed by atoms with E-state index in [1.54, 1.807) is 13.1 Å². The van der Waals surface area contributed by atoms with Gasteiger partial charge in [0.25, 0.3) is 5.89 Å². The van der Waals surface area contributed by atoms with Crippen LogP contribution in [-0.4, -0.2) is 33.5 Å². The molecule has 8 heteroatoms. The second kappa shape index (κ2) is 14.0. The lowest BCUT2D eigenvalue weighted by Crippen LogP contribution is -2.11. The van der Waals surface area contributed by atoms with Gasteiger partial charge in [-0.05, 0) is 73.9 Å². The van der Waals surface area contributed by atoms with Crippen LogP contribution in [0, 0.1) is 0 Å². The molecule has 0 saturated heterocycles. The summed E-state index contributed by atoms with van der Waals surface area (Å²) in [5.41, 5.74) is 4.22. The molecule has 8 nitrogen and oxygen atoms in total. The highest BCUT2D eigenvalue weighted by Gasteiger charge is 2.15. The molecular formula is C31H34N4O4. The van der Waals surface area contributed by atoms with Crippen LogP contribution < -0.4 is 5.32 Å². The molecule has 0 bridgehead atoms. The summed E-state index contributed by atoms with van der Waals surface area (Å²) in [5, 5.41) is 11.9. The lowest BCUT2D eigenvalue weighted by Gasteiger charge is -2.21. The molecule has 39 heavy (non-hydrogen) atoms. The number of unbranched alkanes of at least 4 members (excludes halogenated alkanes) is 1. The minimum absolute atomic E-state index is 0.0243. The Bertz CT molecular complexity index is 1340. The molecule has 2 aromatic heterocycles. The van der Waals surface area contributed by atoms with Crippen molar-refractivity contribution in [2.75, 3.05) is 11.9 Å². The Labute approximate surface area is 228 Å². The predicted octanol–water partition coefficient (Wildman–Crippen LogP) is 7.06. The molecule has 0 fully saturated rings. The molecule has 0 aliphatic carbocycles. The molecule has 0 spiro atoms. The summed E-state index contributed by atoms with van der Waals surface area (Å²) in [6, 6.07) is 21.3. The number of nitrogens with zero attached hydrogens (tertiary/aromatic N) is 3. The first kappa shape index (κ1) is 27.7. The van der Waals surface area contributed by atoms with E-state index in [1.165, 1.54) is 0 Å². The van der Waals surface area contributed by atoms with E-state index < -0.39 is 0 Å². The second-order valence-corrected chi connectivity index (χ2v) is 9.25. The van der Waals surface area contributed by atoms with Gasteiger partial charge in [-0.2, -0.15) is 0 Å². The normalized spacial score (nSPS) is 11.6. The number of pyridine rings is 1. The zero-order chi connectivity index (χ0) is 27.5. The van der Waals surface area contributed by atoms with E-state index in [1.807, 2.05) is 54.6 Å². The minimum atomic E-state index is -0.262. The van der Waals surface area contributed by atoms with Crippen LogP contribution in [0.1, 0.15) is 74.3 Å². The van der Waals surface area contributed by atoms with Crippen LogP contribution >= 0.6 is 0 Å². The summed E-state index contributed by atoms with van der Waals surface area (Å²) in [4.78, 5) is 28.3. The van der Waals surface area contributed by atoms with E-state index in [2.05, 4.69) is 39.6 Å². The third-order valence-electron chi connectivity index (χ3n) is 6.35. The van der Waals surface area contributed by atoms with E-state index in [-0.39, 0.29) is 24.2 Å².